The Morgan fingerprint density at radius 2 is 2.31 bits per heavy atom. The van der Waals surface area contributed by atoms with Gasteiger partial charge in [0.15, 0.2) is 5.78 Å². The van der Waals surface area contributed by atoms with Crippen molar-refractivity contribution in [2.75, 3.05) is 0 Å². The Balaban J connectivity index is 1.94. The van der Waals surface area contributed by atoms with Gasteiger partial charge in [0.2, 0.25) is 0 Å². The molecule has 0 radical (unpaired) electrons. The van der Waals surface area contributed by atoms with Crippen LogP contribution >= 0.6 is 0 Å². The number of hydrogen-bond acceptors (Lipinski definition) is 3. The van der Waals surface area contributed by atoms with Gasteiger partial charge >= 0.3 is 0 Å². The van der Waals surface area contributed by atoms with Gasteiger partial charge in [-0.2, -0.15) is 5.10 Å². The molecule has 0 unspecified atom stereocenters. The molecule has 16 heavy (non-hydrogen) atoms. The molecule has 2 aromatic rings. The van der Waals surface area contributed by atoms with Crippen molar-refractivity contribution < 1.29 is 4.79 Å². The van der Waals surface area contributed by atoms with E-state index in [9.17, 15) is 4.79 Å². The lowest BCUT2D eigenvalue weighted by molar-refractivity contribution is 0.0977. The van der Waals surface area contributed by atoms with Gasteiger partial charge in [0.25, 0.3) is 0 Å². The molecule has 0 spiro atoms. The zero-order valence-electron chi connectivity index (χ0n) is 9.13. The average molecular weight is 215 g/mol. The highest BCUT2D eigenvalue weighted by Gasteiger charge is 2.08. The standard InChI is InChI=1S/C12H13N3O/c1-15-8-6-11(14-15)12(16)5-4-10-3-2-7-13-9-10/h2-3,6-9H,4-5H2,1H3. The van der Waals surface area contributed by atoms with Gasteiger partial charge in [0.1, 0.15) is 5.69 Å². The predicted octanol–water partition coefficient (Wildman–Crippen LogP) is 1.63. The maximum atomic E-state index is 11.7. The number of nitrogens with zero attached hydrogens (tertiary/aromatic N) is 3. The summed E-state index contributed by atoms with van der Waals surface area (Å²) in [5.74, 6) is 0.0736. The third-order valence-electron chi connectivity index (χ3n) is 2.36. The summed E-state index contributed by atoms with van der Waals surface area (Å²) in [7, 11) is 1.80. The molecule has 2 rings (SSSR count). The minimum absolute atomic E-state index is 0.0736. The Morgan fingerprint density at radius 1 is 1.44 bits per heavy atom. The van der Waals surface area contributed by atoms with Gasteiger partial charge in [-0.15, -0.1) is 0 Å². The van der Waals surface area contributed by atoms with Gasteiger partial charge in [-0.25, -0.2) is 0 Å². The van der Waals surface area contributed by atoms with E-state index in [0.717, 1.165) is 5.56 Å². The fourth-order valence-electron chi connectivity index (χ4n) is 1.50. The second kappa shape index (κ2) is 4.70. The smallest absolute Gasteiger partial charge is 0.183 e. The summed E-state index contributed by atoms with van der Waals surface area (Å²) in [5.41, 5.74) is 1.61. The van der Waals surface area contributed by atoms with E-state index in [1.165, 1.54) is 0 Å². The minimum Gasteiger partial charge on any atom is -0.292 e. The van der Waals surface area contributed by atoms with Crippen molar-refractivity contribution in [1.29, 1.82) is 0 Å². The lowest BCUT2D eigenvalue weighted by Gasteiger charge is -1.98. The molecule has 0 amide bonds. The number of aromatic nitrogens is 3. The third kappa shape index (κ3) is 2.53. The summed E-state index contributed by atoms with van der Waals surface area (Å²) in [6, 6.07) is 5.59. The van der Waals surface area contributed by atoms with E-state index < -0.39 is 0 Å². The fourth-order valence-corrected chi connectivity index (χ4v) is 1.50. The molecule has 82 valence electrons. The molecule has 0 aliphatic heterocycles. The third-order valence-corrected chi connectivity index (χ3v) is 2.36. The summed E-state index contributed by atoms with van der Waals surface area (Å²) in [4.78, 5) is 15.7. The minimum atomic E-state index is 0.0736. The van der Waals surface area contributed by atoms with Gasteiger partial charge in [-0.1, -0.05) is 6.07 Å². The molecule has 0 saturated carbocycles. The van der Waals surface area contributed by atoms with Crippen LogP contribution in [0.5, 0.6) is 0 Å². The quantitative estimate of drug-likeness (QED) is 0.728. The van der Waals surface area contributed by atoms with Crippen LogP contribution in [0.25, 0.3) is 0 Å². The number of rotatable bonds is 4. The van der Waals surface area contributed by atoms with E-state index in [0.29, 0.717) is 18.5 Å². The molecule has 0 atom stereocenters. The summed E-state index contributed by atoms with van der Waals surface area (Å²) in [5, 5.41) is 4.07. The Hall–Kier alpha value is -1.97. The first-order valence-corrected chi connectivity index (χ1v) is 5.17. The van der Waals surface area contributed by atoms with Crippen molar-refractivity contribution >= 4 is 5.78 Å². The summed E-state index contributed by atoms with van der Waals surface area (Å²) < 4.78 is 1.64. The van der Waals surface area contributed by atoms with Crippen LogP contribution in [0.2, 0.25) is 0 Å². The van der Waals surface area contributed by atoms with E-state index in [4.69, 9.17) is 0 Å². The van der Waals surface area contributed by atoms with Crippen LogP contribution in [-0.2, 0) is 13.5 Å². The number of aryl methyl sites for hydroxylation is 2. The van der Waals surface area contributed by atoms with Crippen molar-refractivity contribution in [3.63, 3.8) is 0 Å². The van der Waals surface area contributed by atoms with Gasteiger partial charge in [0, 0.05) is 32.1 Å². The largest absolute Gasteiger partial charge is 0.292 e. The molecule has 2 heterocycles. The van der Waals surface area contributed by atoms with Crippen LogP contribution in [0, 0.1) is 0 Å². The molecule has 4 heteroatoms. The Labute approximate surface area is 93.9 Å². The molecule has 0 saturated heterocycles. The van der Waals surface area contributed by atoms with Crippen LogP contribution in [0.3, 0.4) is 0 Å². The number of carbonyl (C=O) groups excluding carboxylic acids is 1. The van der Waals surface area contributed by atoms with Gasteiger partial charge in [0.05, 0.1) is 0 Å². The highest BCUT2D eigenvalue weighted by atomic mass is 16.1. The molecule has 0 fully saturated rings. The average Bonchev–Trinajstić information content (AvgIpc) is 2.74. The molecule has 0 aromatic carbocycles. The molecular formula is C12H13N3O. The zero-order chi connectivity index (χ0) is 11.4. The Bertz CT molecular complexity index is 476. The summed E-state index contributed by atoms with van der Waals surface area (Å²) in [6.45, 7) is 0. The molecule has 4 nitrogen and oxygen atoms in total. The van der Waals surface area contributed by atoms with Crippen LogP contribution in [0.1, 0.15) is 22.5 Å². The van der Waals surface area contributed by atoms with Crippen LogP contribution in [0.15, 0.2) is 36.8 Å². The SMILES string of the molecule is Cn1ccc(C(=O)CCc2cccnc2)n1. The van der Waals surface area contributed by atoms with Crippen LogP contribution < -0.4 is 0 Å². The van der Waals surface area contributed by atoms with Gasteiger partial charge < -0.3 is 0 Å². The highest BCUT2D eigenvalue weighted by molar-refractivity contribution is 5.94. The number of ketones is 1. The Morgan fingerprint density at radius 3 is 2.94 bits per heavy atom. The van der Waals surface area contributed by atoms with E-state index in [1.807, 2.05) is 12.1 Å². The summed E-state index contributed by atoms with van der Waals surface area (Å²) >= 11 is 0. The normalized spacial score (nSPS) is 10.3. The number of pyridine rings is 1. The van der Waals surface area contributed by atoms with Crippen molar-refractivity contribution in [3.8, 4) is 0 Å². The fraction of sp³-hybridized carbons (Fsp3) is 0.250. The van der Waals surface area contributed by atoms with Crippen molar-refractivity contribution in [3.05, 3.63) is 48.0 Å². The maximum absolute atomic E-state index is 11.7. The van der Waals surface area contributed by atoms with Crippen LogP contribution in [-0.4, -0.2) is 20.5 Å². The molecule has 0 aliphatic carbocycles. The molecule has 0 N–H and O–H groups in total. The Kier molecular flexibility index (Phi) is 3.10. The van der Waals surface area contributed by atoms with Crippen molar-refractivity contribution in [2.24, 2.45) is 7.05 Å². The molecular weight excluding hydrogens is 202 g/mol. The van der Waals surface area contributed by atoms with E-state index >= 15 is 0 Å². The molecule has 0 bridgehead atoms. The lowest BCUT2D eigenvalue weighted by atomic mass is 10.1. The van der Waals surface area contributed by atoms with Crippen LogP contribution in [0.4, 0.5) is 0 Å². The molecule has 0 aliphatic rings. The zero-order valence-corrected chi connectivity index (χ0v) is 9.13. The van der Waals surface area contributed by atoms with E-state index in [-0.39, 0.29) is 5.78 Å². The predicted molar refractivity (Wildman–Crippen MR) is 60.1 cm³/mol. The van der Waals surface area contributed by atoms with E-state index in [1.54, 1.807) is 36.4 Å². The van der Waals surface area contributed by atoms with Gasteiger partial charge in [-0.05, 0) is 24.1 Å². The number of Topliss-reactive ketones (excluding diaryl/α,β-unsaturated/α-hetero) is 1. The maximum Gasteiger partial charge on any atom is 0.183 e. The van der Waals surface area contributed by atoms with E-state index in [2.05, 4.69) is 10.1 Å². The summed E-state index contributed by atoms with van der Waals surface area (Å²) in [6.07, 6.45) is 6.47. The first-order valence-electron chi connectivity index (χ1n) is 5.17. The van der Waals surface area contributed by atoms with Gasteiger partial charge in [-0.3, -0.25) is 14.5 Å². The number of carbonyl (C=O) groups is 1. The second-order valence-corrected chi connectivity index (χ2v) is 3.66. The highest BCUT2D eigenvalue weighted by Crippen LogP contribution is 2.05. The monoisotopic (exact) mass is 215 g/mol. The van der Waals surface area contributed by atoms with Crippen molar-refractivity contribution in [2.45, 2.75) is 12.8 Å². The second-order valence-electron chi connectivity index (χ2n) is 3.66. The number of hydrogen-bond donors (Lipinski definition) is 0. The first-order chi connectivity index (χ1) is 7.75. The van der Waals surface area contributed by atoms with Crippen molar-refractivity contribution in [1.82, 2.24) is 14.8 Å². The molecule has 2 aromatic heterocycles. The topological polar surface area (TPSA) is 47.8 Å². The first kappa shape index (κ1) is 10.5. The lowest BCUT2D eigenvalue weighted by Crippen LogP contribution is -2.03.